The molecule has 0 bridgehead atoms. The van der Waals surface area contributed by atoms with Gasteiger partial charge in [-0.1, -0.05) is 39.5 Å². The summed E-state index contributed by atoms with van der Waals surface area (Å²) in [5.74, 6) is -0.980. The molecule has 1 N–H and O–H groups in total. The number of unbranched alkanes of at least 4 members (excludes halogenated alkanes) is 3. The van der Waals surface area contributed by atoms with Crippen molar-refractivity contribution in [3.8, 4) is 0 Å². The molecule has 1 unspecified atom stereocenters. The summed E-state index contributed by atoms with van der Waals surface area (Å²) < 4.78 is 0. The van der Waals surface area contributed by atoms with E-state index in [0.717, 1.165) is 25.7 Å². The molecule has 0 aliphatic carbocycles. The minimum absolute atomic E-state index is 0.387. The van der Waals surface area contributed by atoms with Crippen molar-refractivity contribution in [3.05, 3.63) is 0 Å². The van der Waals surface area contributed by atoms with Crippen LogP contribution in [0.25, 0.3) is 0 Å². The lowest BCUT2D eigenvalue weighted by Crippen LogP contribution is -2.31. The highest BCUT2D eigenvalue weighted by Gasteiger charge is 2.35. The molecular weight excluding hydrogens is 180 g/mol. The Morgan fingerprint density at radius 3 is 2.29 bits per heavy atom. The second-order valence-corrected chi connectivity index (χ2v) is 3.74. The molecule has 0 heterocycles. The van der Waals surface area contributed by atoms with Gasteiger partial charge in [-0.25, -0.2) is 0 Å². The Balaban J connectivity index is 4.09. The second-order valence-electron chi connectivity index (χ2n) is 3.74. The third kappa shape index (κ3) is 3.48. The first-order valence-corrected chi connectivity index (χ1v) is 5.32. The molecule has 0 aromatic carbocycles. The Labute approximate surface area is 85.5 Å². The van der Waals surface area contributed by atoms with Crippen molar-refractivity contribution in [2.75, 3.05) is 0 Å². The van der Waals surface area contributed by atoms with Gasteiger partial charge in [0.2, 0.25) is 0 Å². The van der Waals surface area contributed by atoms with Crippen molar-refractivity contribution in [1.29, 1.82) is 0 Å². The number of carbonyl (C=O) groups excluding carboxylic acids is 1. The third-order valence-corrected chi connectivity index (χ3v) is 2.76. The van der Waals surface area contributed by atoms with Gasteiger partial charge in [-0.15, -0.1) is 0 Å². The molecule has 14 heavy (non-hydrogen) atoms. The maximum absolute atomic E-state index is 10.9. The lowest BCUT2D eigenvalue weighted by Gasteiger charge is -2.20. The quantitative estimate of drug-likeness (QED) is 0.372. The molecule has 0 fully saturated rings. The summed E-state index contributed by atoms with van der Waals surface area (Å²) in [4.78, 5) is 21.7. The van der Waals surface area contributed by atoms with E-state index in [1.165, 1.54) is 0 Å². The fraction of sp³-hybridized carbons (Fsp3) is 0.818. The van der Waals surface area contributed by atoms with Crippen molar-refractivity contribution in [2.45, 2.75) is 52.4 Å². The fourth-order valence-corrected chi connectivity index (χ4v) is 1.49. The zero-order chi connectivity index (χ0) is 11.0. The SMILES string of the molecule is CCCCCCC(C=O)(CC)C(=O)O. The lowest BCUT2D eigenvalue weighted by molar-refractivity contribution is -0.152. The summed E-state index contributed by atoms with van der Waals surface area (Å²) in [7, 11) is 0. The molecule has 0 saturated heterocycles. The molecule has 82 valence electrons. The minimum atomic E-state index is -1.13. The van der Waals surface area contributed by atoms with Crippen LogP contribution in [0.5, 0.6) is 0 Å². The van der Waals surface area contributed by atoms with E-state index in [-0.39, 0.29) is 0 Å². The van der Waals surface area contributed by atoms with Crippen molar-refractivity contribution in [3.63, 3.8) is 0 Å². The van der Waals surface area contributed by atoms with Crippen LogP contribution < -0.4 is 0 Å². The fourth-order valence-electron chi connectivity index (χ4n) is 1.49. The highest BCUT2D eigenvalue weighted by atomic mass is 16.4. The zero-order valence-corrected chi connectivity index (χ0v) is 9.08. The van der Waals surface area contributed by atoms with E-state index in [9.17, 15) is 9.59 Å². The standard InChI is InChI=1S/C11H20O3/c1-3-5-6-7-8-11(4-2,9-12)10(13)14/h9H,3-8H2,1-2H3,(H,13,14). The topological polar surface area (TPSA) is 54.4 Å². The Hall–Kier alpha value is -0.860. The number of aliphatic carboxylic acids is 1. The molecule has 1 atom stereocenters. The molecule has 0 saturated carbocycles. The molecule has 0 aromatic heterocycles. The van der Waals surface area contributed by atoms with Crippen LogP contribution in [0.4, 0.5) is 0 Å². The predicted octanol–water partition coefficient (Wildman–Crippen LogP) is 2.64. The smallest absolute Gasteiger partial charge is 0.316 e. The summed E-state index contributed by atoms with van der Waals surface area (Å²) in [6.45, 7) is 3.85. The molecule has 0 radical (unpaired) electrons. The maximum atomic E-state index is 10.9. The lowest BCUT2D eigenvalue weighted by atomic mass is 9.81. The van der Waals surface area contributed by atoms with Crippen molar-refractivity contribution in [2.24, 2.45) is 5.41 Å². The van der Waals surface area contributed by atoms with E-state index in [1.807, 2.05) is 0 Å². The molecule has 3 heteroatoms. The molecule has 0 aliphatic rings. The third-order valence-electron chi connectivity index (χ3n) is 2.76. The Kier molecular flexibility index (Phi) is 6.17. The van der Waals surface area contributed by atoms with Gasteiger partial charge in [0.25, 0.3) is 0 Å². The zero-order valence-electron chi connectivity index (χ0n) is 9.08. The molecule has 0 aliphatic heterocycles. The first-order valence-electron chi connectivity index (χ1n) is 5.32. The first kappa shape index (κ1) is 13.1. The molecule has 0 aromatic rings. The van der Waals surface area contributed by atoms with E-state index < -0.39 is 11.4 Å². The van der Waals surface area contributed by atoms with Crippen LogP contribution in [0.3, 0.4) is 0 Å². The maximum Gasteiger partial charge on any atom is 0.316 e. The van der Waals surface area contributed by atoms with E-state index in [2.05, 4.69) is 6.92 Å². The van der Waals surface area contributed by atoms with Gasteiger partial charge in [0.1, 0.15) is 11.7 Å². The molecular formula is C11H20O3. The largest absolute Gasteiger partial charge is 0.481 e. The number of rotatable bonds is 8. The van der Waals surface area contributed by atoms with E-state index in [1.54, 1.807) is 6.92 Å². The van der Waals surface area contributed by atoms with Crippen LogP contribution in [-0.2, 0) is 9.59 Å². The van der Waals surface area contributed by atoms with Crippen LogP contribution in [0.15, 0.2) is 0 Å². The normalized spacial score (nSPS) is 14.7. The highest BCUT2D eigenvalue weighted by molar-refractivity contribution is 5.91. The summed E-state index contributed by atoms with van der Waals surface area (Å²) in [5, 5.41) is 8.95. The summed E-state index contributed by atoms with van der Waals surface area (Å²) >= 11 is 0. The van der Waals surface area contributed by atoms with E-state index in [0.29, 0.717) is 19.1 Å². The molecule has 3 nitrogen and oxygen atoms in total. The second kappa shape index (κ2) is 6.57. The average Bonchev–Trinajstić information content (AvgIpc) is 2.18. The minimum Gasteiger partial charge on any atom is -0.481 e. The van der Waals surface area contributed by atoms with Gasteiger partial charge < -0.3 is 9.90 Å². The average molecular weight is 200 g/mol. The van der Waals surface area contributed by atoms with Gasteiger partial charge in [-0.05, 0) is 12.8 Å². The van der Waals surface area contributed by atoms with Gasteiger partial charge in [-0.3, -0.25) is 4.79 Å². The summed E-state index contributed by atoms with van der Waals surface area (Å²) in [6.07, 6.45) is 5.53. The summed E-state index contributed by atoms with van der Waals surface area (Å²) in [5.41, 5.74) is -1.13. The van der Waals surface area contributed by atoms with Gasteiger partial charge in [0, 0.05) is 0 Å². The Morgan fingerprint density at radius 2 is 1.93 bits per heavy atom. The van der Waals surface area contributed by atoms with Gasteiger partial charge in [0.15, 0.2) is 0 Å². The number of carboxylic acids is 1. The number of hydrogen-bond acceptors (Lipinski definition) is 2. The van der Waals surface area contributed by atoms with Gasteiger partial charge >= 0.3 is 5.97 Å². The van der Waals surface area contributed by atoms with Crippen LogP contribution in [-0.4, -0.2) is 17.4 Å². The Bertz CT molecular complexity index is 189. The summed E-state index contributed by atoms with van der Waals surface area (Å²) in [6, 6.07) is 0. The number of carbonyl (C=O) groups is 2. The van der Waals surface area contributed by atoms with Crippen LogP contribution in [0.1, 0.15) is 52.4 Å². The van der Waals surface area contributed by atoms with Gasteiger partial charge in [-0.2, -0.15) is 0 Å². The molecule has 0 amide bonds. The molecule has 0 rings (SSSR count). The highest BCUT2D eigenvalue weighted by Crippen LogP contribution is 2.27. The first-order chi connectivity index (χ1) is 6.63. The van der Waals surface area contributed by atoms with Crippen LogP contribution >= 0.6 is 0 Å². The Morgan fingerprint density at radius 1 is 1.29 bits per heavy atom. The van der Waals surface area contributed by atoms with Crippen molar-refractivity contribution >= 4 is 12.3 Å². The number of aldehydes is 1. The van der Waals surface area contributed by atoms with E-state index >= 15 is 0 Å². The number of hydrogen-bond donors (Lipinski definition) is 1. The molecule has 0 spiro atoms. The van der Waals surface area contributed by atoms with Crippen LogP contribution in [0.2, 0.25) is 0 Å². The van der Waals surface area contributed by atoms with Crippen molar-refractivity contribution < 1.29 is 14.7 Å². The van der Waals surface area contributed by atoms with Gasteiger partial charge in [0.05, 0.1) is 0 Å². The predicted molar refractivity (Wildman–Crippen MR) is 55.2 cm³/mol. The van der Waals surface area contributed by atoms with E-state index in [4.69, 9.17) is 5.11 Å². The van der Waals surface area contributed by atoms with Crippen LogP contribution in [0, 0.1) is 5.41 Å². The number of carboxylic acid groups (broad SMARTS) is 1. The monoisotopic (exact) mass is 200 g/mol. The van der Waals surface area contributed by atoms with Crippen molar-refractivity contribution in [1.82, 2.24) is 0 Å².